The van der Waals surface area contributed by atoms with Gasteiger partial charge in [0.2, 0.25) is 0 Å². The Morgan fingerprint density at radius 3 is 2.24 bits per heavy atom. The highest BCUT2D eigenvalue weighted by Crippen LogP contribution is 2.08. The Balaban J connectivity index is 2.11. The fourth-order valence-electron chi connectivity index (χ4n) is 1.24. The Bertz CT molecular complexity index is 505. The van der Waals surface area contributed by atoms with Crippen LogP contribution in [0.15, 0.2) is 24.3 Å². The molecule has 5 heteroatoms. The molecule has 1 heterocycles. The lowest BCUT2D eigenvalue weighted by molar-refractivity contribution is 0.485. The van der Waals surface area contributed by atoms with Crippen LogP contribution >= 0.6 is 0 Å². The maximum Gasteiger partial charge on any atom is 0.196 e. The van der Waals surface area contributed by atoms with Gasteiger partial charge in [0.05, 0.1) is 0 Å². The molecule has 0 radical (unpaired) electrons. The topological polar surface area (TPSA) is 51.6 Å². The second-order valence-corrected chi connectivity index (χ2v) is 3.51. The van der Waals surface area contributed by atoms with E-state index in [0.717, 1.165) is 5.56 Å². The van der Waals surface area contributed by atoms with Crippen molar-refractivity contribution in [2.24, 2.45) is 0 Å². The van der Waals surface area contributed by atoms with Gasteiger partial charge in [0.25, 0.3) is 0 Å². The molecule has 0 amide bonds. The Hall–Kier alpha value is -2.17. The lowest BCUT2D eigenvalue weighted by Crippen LogP contribution is -1.97. The summed E-state index contributed by atoms with van der Waals surface area (Å²) in [6.45, 7) is 1.28. The molecule has 86 valence electrons. The predicted molar refractivity (Wildman–Crippen MR) is 62.5 cm³/mol. The van der Waals surface area contributed by atoms with E-state index in [2.05, 4.69) is 20.4 Å². The molecule has 2 rings (SSSR count). The monoisotopic (exact) mass is 230 g/mol. The molecule has 0 fully saturated rings. The molecule has 1 aromatic carbocycles. The summed E-state index contributed by atoms with van der Waals surface area (Å²) in [5.41, 5.74) is 1.61. The minimum atomic E-state index is -0.446. The van der Waals surface area contributed by atoms with E-state index in [1.165, 1.54) is 0 Å². The maximum atomic E-state index is 12.3. The van der Waals surface area contributed by atoms with Crippen molar-refractivity contribution in [2.75, 3.05) is 0 Å². The van der Waals surface area contributed by atoms with Crippen LogP contribution in [-0.4, -0.2) is 20.4 Å². The Kier molecular flexibility index (Phi) is 3.49. The summed E-state index contributed by atoms with van der Waals surface area (Å²) in [5.74, 6) is 0.986. The molecule has 1 aromatic heterocycles. The van der Waals surface area contributed by atoms with E-state index in [1.54, 1.807) is 25.1 Å². The van der Waals surface area contributed by atoms with Crippen LogP contribution < -0.4 is 0 Å². The summed E-state index contributed by atoms with van der Waals surface area (Å²) in [6, 6.07) is 7.15. The Morgan fingerprint density at radius 1 is 1.00 bits per heavy atom. The second-order valence-electron chi connectivity index (χ2n) is 3.51. The zero-order valence-electron chi connectivity index (χ0n) is 9.34. The number of hydrogen-bond donors (Lipinski definition) is 0. The van der Waals surface area contributed by atoms with Gasteiger partial charge < -0.3 is 0 Å². The van der Waals surface area contributed by atoms with E-state index in [-0.39, 0.29) is 0 Å². The molecule has 0 spiro atoms. The van der Waals surface area contributed by atoms with E-state index < -0.39 is 6.67 Å². The molecule has 0 aliphatic heterocycles. The zero-order valence-corrected chi connectivity index (χ0v) is 9.34. The maximum absolute atomic E-state index is 12.3. The van der Waals surface area contributed by atoms with Gasteiger partial charge in [-0.15, -0.1) is 20.4 Å². The van der Waals surface area contributed by atoms with Crippen LogP contribution in [-0.2, 0) is 6.67 Å². The number of aromatic nitrogens is 4. The lowest BCUT2D eigenvalue weighted by Gasteiger charge is -1.95. The Morgan fingerprint density at radius 2 is 1.65 bits per heavy atom. The van der Waals surface area contributed by atoms with Gasteiger partial charge >= 0.3 is 0 Å². The summed E-state index contributed by atoms with van der Waals surface area (Å²) in [7, 11) is 0. The highest BCUT2D eigenvalue weighted by Gasteiger charge is 1.94. The van der Waals surface area contributed by atoms with E-state index in [1.807, 2.05) is 18.2 Å². The summed E-state index contributed by atoms with van der Waals surface area (Å²) in [4.78, 5) is 0. The molecular formula is C12H11FN4. The molecule has 0 unspecified atom stereocenters. The third kappa shape index (κ3) is 3.14. The zero-order chi connectivity index (χ0) is 12.1. The largest absolute Gasteiger partial charge is 0.246 e. The molecule has 0 atom stereocenters. The van der Waals surface area contributed by atoms with Gasteiger partial charge in [0.15, 0.2) is 11.6 Å². The number of hydrogen-bond acceptors (Lipinski definition) is 4. The van der Waals surface area contributed by atoms with Crippen molar-refractivity contribution in [2.45, 2.75) is 13.6 Å². The number of halogens is 1. The number of aryl methyl sites for hydroxylation is 1. The van der Waals surface area contributed by atoms with Crippen LogP contribution in [0.25, 0.3) is 12.2 Å². The van der Waals surface area contributed by atoms with Crippen molar-refractivity contribution in [3.63, 3.8) is 0 Å². The number of alkyl halides is 1. The van der Waals surface area contributed by atoms with Gasteiger partial charge in [-0.05, 0) is 24.1 Å². The smallest absolute Gasteiger partial charge is 0.196 e. The van der Waals surface area contributed by atoms with Crippen molar-refractivity contribution in [1.82, 2.24) is 20.4 Å². The predicted octanol–water partition coefficient (Wildman–Crippen LogP) is 2.21. The minimum absolute atomic E-state index is 0.446. The molecule has 0 saturated carbocycles. The van der Waals surface area contributed by atoms with Crippen LogP contribution in [0.4, 0.5) is 4.39 Å². The standard InChI is InChI=1S/C12H11FN4/c1-9-14-16-12(17-15-9)7-6-10-2-4-11(8-13)5-3-10/h2-7H,8H2,1H3/b7-6+. The number of benzene rings is 1. The van der Waals surface area contributed by atoms with Crippen molar-refractivity contribution in [3.8, 4) is 0 Å². The number of rotatable bonds is 3. The van der Waals surface area contributed by atoms with Crippen LogP contribution in [0.2, 0.25) is 0 Å². The van der Waals surface area contributed by atoms with Gasteiger partial charge in [-0.2, -0.15) is 0 Å². The van der Waals surface area contributed by atoms with Crippen molar-refractivity contribution in [3.05, 3.63) is 47.0 Å². The molecule has 4 nitrogen and oxygen atoms in total. The normalized spacial score (nSPS) is 10.9. The fraction of sp³-hybridized carbons (Fsp3) is 0.167. The van der Waals surface area contributed by atoms with Crippen molar-refractivity contribution in [1.29, 1.82) is 0 Å². The third-order valence-corrected chi connectivity index (χ3v) is 2.15. The van der Waals surface area contributed by atoms with Gasteiger partial charge in [0.1, 0.15) is 6.67 Å². The highest BCUT2D eigenvalue weighted by molar-refractivity contribution is 5.66. The summed E-state index contributed by atoms with van der Waals surface area (Å²) in [5, 5.41) is 15.3. The highest BCUT2D eigenvalue weighted by atomic mass is 19.1. The van der Waals surface area contributed by atoms with Gasteiger partial charge in [-0.1, -0.05) is 30.3 Å². The molecule has 0 bridgehead atoms. The second kappa shape index (κ2) is 5.25. The van der Waals surface area contributed by atoms with E-state index in [9.17, 15) is 4.39 Å². The molecule has 0 N–H and O–H groups in total. The molecule has 0 saturated heterocycles. The van der Waals surface area contributed by atoms with E-state index >= 15 is 0 Å². The summed E-state index contributed by atoms with van der Waals surface area (Å²) < 4.78 is 12.3. The lowest BCUT2D eigenvalue weighted by atomic mass is 10.1. The van der Waals surface area contributed by atoms with Gasteiger partial charge in [0, 0.05) is 0 Å². The van der Waals surface area contributed by atoms with Crippen LogP contribution in [0.5, 0.6) is 0 Å². The van der Waals surface area contributed by atoms with Crippen LogP contribution in [0.3, 0.4) is 0 Å². The van der Waals surface area contributed by atoms with Crippen molar-refractivity contribution >= 4 is 12.2 Å². The minimum Gasteiger partial charge on any atom is -0.246 e. The van der Waals surface area contributed by atoms with Gasteiger partial charge in [-0.25, -0.2) is 4.39 Å². The van der Waals surface area contributed by atoms with Crippen LogP contribution in [0.1, 0.15) is 22.8 Å². The quantitative estimate of drug-likeness (QED) is 0.811. The SMILES string of the molecule is Cc1nnc(/C=C/c2ccc(CF)cc2)nn1. The third-order valence-electron chi connectivity index (χ3n) is 2.15. The first-order valence-corrected chi connectivity index (χ1v) is 5.15. The van der Waals surface area contributed by atoms with E-state index in [4.69, 9.17) is 0 Å². The first-order valence-electron chi connectivity index (χ1n) is 5.15. The van der Waals surface area contributed by atoms with Crippen molar-refractivity contribution < 1.29 is 4.39 Å². The van der Waals surface area contributed by atoms with E-state index in [0.29, 0.717) is 17.2 Å². The average Bonchev–Trinajstić information content (AvgIpc) is 2.39. The Labute approximate surface area is 98.2 Å². The summed E-state index contributed by atoms with van der Waals surface area (Å²) in [6.07, 6.45) is 3.54. The first kappa shape index (κ1) is 11.3. The fourth-order valence-corrected chi connectivity index (χ4v) is 1.24. The first-order chi connectivity index (χ1) is 8.28. The summed E-state index contributed by atoms with van der Waals surface area (Å²) >= 11 is 0. The average molecular weight is 230 g/mol. The molecule has 17 heavy (non-hydrogen) atoms. The molecule has 0 aliphatic carbocycles. The number of nitrogens with zero attached hydrogens (tertiary/aromatic N) is 4. The van der Waals surface area contributed by atoms with Gasteiger partial charge in [-0.3, -0.25) is 0 Å². The van der Waals surface area contributed by atoms with Crippen LogP contribution in [0, 0.1) is 6.92 Å². The molecule has 2 aromatic rings. The molecule has 0 aliphatic rings. The molecular weight excluding hydrogens is 219 g/mol.